The van der Waals surface area contributed by atoms with Crippen LogP contribution in [-0.4, -0.2) is 18.6 Å². The third-order valence-corrected chi connectivity index (χ3v) is 2.94. The van der Waals surface area contributed by atoms with Gasteiger partial charge in [0.1, 0.15) is 0 Å². The Morgan fingerprint density at radius 2 is 1.62 bits per heavy atom. The Labute approximate surface area is 63.0 Å². The average Bonchev–Trinajstić information content (AvgIpc) is 1.81. The van der Waals surface area contributed by atoms with E-state index in [0.717, 1.165) is 18.6 Å². The van der Waals surface area contributed by atoms with Crippen molar-refractivity contribution in [2.24, 2.45) is 0 Å². The van der Waals surface area contributed by atoms with Crippen molar-refractivity contribution < 1.29 is 0 Å². The van der Waals surface area contributed by atoms with Gasteiger partial charge in [-0.25, -0.2) is 0 Å². The Kier molecular flexibility index (Phi) is 8.24. The molecule has 0 aliphatic rings. The Hall–Kier alpha value is 0.636. The summed E-state index contributed by atoms with van der Waals surface area (Å²) in [6.45, 7) is 2.27. The fourth-order valence-electron chi connectivity index (χ4n) is 0.854. The maximum absolute atomic E-state index is 2.27. The molecule has 0 aromatic rings. The minimum absolute atomic E-state index is 1.11. The predicted molar refractivity (Wildman–Crippen MR) is 42.1 cm³/mol. The van der Waals surface area contributed by atoms with E-state index in [1.54, 1.807) is 4.98 Å². The van der Waals surface area contributed by atoms with Crippen molar-refractivity contribution >= 4 is 18.6 Å². The van der Waals surface area contributed by atoms with Gasteiger partial charge in [0.15, 0.2) is 0 Å². The molecule has 0 saturated carbocycles. The number of hydrogen-bond acceptors (Lipinski definition) is 0. The van der Waals surface area contributed by atoms with Crippen molar-refractivity contribution in [1.29, 1.82) is 0 Å². The molecule has 0 atom stereocenters. The molecule has 0 bridgehead atoms. The number of hydrogen-bond donors (Lipinski definition) is 0. The number of rotatable bonds is 5. The van der Waals surface area contributed by atoms with Gasteiger partial charge in [-0.1, -0.05) is 0 Å². The van der Waals surface area contributed by atoms with Crippen LogP contribution in [0.15, 0.2) is 0 Å². The summed E-state index contributed by atoms with van der Waals surface area (Å²) in [5.74, 6) is 0. The Morgan fingerprint density at radius 3 is 2.12 bits per heavy atom. The molecule has 0 aromatic carbocycles. The first-order valence-corrected chi connectivity index (χ1v) is 6.88. The second-order valence-electron chi connectivity index (χ2n) is 2.41. The van der Waals surface area contributed by atoms with Gasteiger partial charge in [-0.05, 0) is 0 Å². The molecule has 0 N–H and O–H groups in total. The molecule has 0 amide bonds. The summed E-state index contributed by atoms with van der Waals surface area (Å²) >= 11 is 1.11. The molecule has 0 fully saturated rings. The van der Waals surface area contributed by atoms with Crippen LogP contribution in [0.5, 0.6) is 0 Å². The number of unbranched alkanes of at least 4 members (excludes halogenated alkanes) is 4. The van der Waals surface area contributed by atoms with Gasteiger partial charge in [0.05, 0.1) is 0 Å². The van der Waals surface area contributed by atoms with Crippen molar-refractivity contribution in [3.8, 4) is 0 Å². The molecule has 0 unspecified atom stereocenters. The van der Waals surface area contributed by atoms with Crippen LogP contribution in [0.4, 0.5) is 0 Å². The van der Waals surface area contributed by atoms with E-state index in [4.69, 9.17) is 0 Å². The van der Waals surface area contributed by atoms with E-state index >= 15 is 0 Å². The zero-order valence-corrected chi connectivity index (χ0v) is 10.4. The fourth-order valence-corrected chi connectivity index (χ4v) is 1.90. The van der Waals surface area contributed by atoms with Crippen molar-refractivity contribution in [3.63, 3.8) is 0 Å². The van der Waals surface area contributed by atoms with Gasteiger partial charge in [0.2, 0.25) is 0 Å². The molecule has 0 saturated heterocycles. The molecule has 0 radical (unpaired) electrons. The van der Waals surface area contributed by atoms with Crippen LogP contribution in [0.2, 0.25) is 4.98 Å². The van der Waals surface area contributed by atoms with E-state index in [-0.39, 0.29) is 0 Å². The van der Waals surface area contributed by atoms with Crippen LogP contribution in [0.25, 0.3) is 0 Å². The van der Waals surface area contributed by atoms with Crippen LogP contribution >= 0.6 is 0 Å². The quantitative estimate of drug-likeness (QED) is 0.438. The summed E-state index contributed by atoms with van der Waals surface area (Å²) in [5.41, 5.74) is 0. The van der Waals surface area contributed by atoms with Crippen LogP contribution in [0, 0.1) is 0 Å². The SMILES string of the molecule is CCCCCC[CH2][GaH2]. The van der Waals surface area contributed by atoms with E-state index in [1.807, 2.05) is 0 Å². The van der Waals surface area contributed by atoms with Crippen molar-refractivity contribution in [2.45, 2.75) is 44.0 Å². The van der Waals surface area contributed by atoms with Crippen molar-refractivity contribution in [2.75, 3.05) is 0 Å². The third kappa shape index (κ3) is 6.64. The summed E-state index contributed by atoms with van der Waals surface area (Å²) < 4.78 is 0. The van der Waals surface area contributed by atoms with Crippen LogP contribution in [0.1, 0.15) is 39.0 Å². The van der Waals surface area contributed by atoms with Crippen molar-refractivity contribution in [3.05, 3.63) is 0 Å². The molecule has 0 aliphatic carbocycles. The second kappa shape index (κ2) is 7.64. The molecule has 0 nitrogen and oxygen atoms in total. The first-order chi connectivity index (χ1) is 3.91. The van der Waals surface area contributed by atoms with Crippen LogP contribution in [-0.2, 0) is 0 Å². The van der Waals surface area contributed by atoms with Crippen molar-refractivity contribution in [1.82, 2.24) is 0 Å². The van der Waals surface area contributed by atoms with Gasteiger partial charge in [-0.3, -0.25) is 0 Å². The van der Waals surface area contributed by atoms with Crippen LogP contribution < -0.4 is 0 Å². The van der Waals surface area contributed by atoms with Gasteiger partial charge < -0.3 is 0 Å². The summed E-state index contributed by atoms with van der Waals surface area (Å²) in [7, 11) is 0. The monoisotopic (exact) mass is 170 g/mol. The van der Waals surface area contributed by atoms with E-state index in [9.17, 15) is 0 Å². The Balaban J connectivity index is 2.53. The first kappa shape index (κ1) is 8.64. The van der Waals surface area contributed by atoms with Gasteiger partial charge in [-0.15, -0.1) is 0 Å². The van der Waals surface area contributed by atoms with Crippen LogP contribution in [0.3, 0.4) is 0 Å². The summed E-state index contributed by atoms with van der Waals surface area (Å²) in [6.07, 6.45) is 7.32. The van der Waals surface area contributed by atoms with Gasteiger partial charge in [0.25, 0.3) is 0 Å². The second-order valence-corrected chi connectivity index (χ2v) is 4.51. The van der Waals surface area contributed by atoms with Gasteiger partial charge in [-0.2, -0.15) is 0 Å². The molecule has 0 aromatic heterocycles. The molecule has 0 rings (SSSR count). The Bertz CT molecular complexity index is 29.4. The molecule has 48 valence electrons. The molecule has 0 aliphatic heterocycles. The van der Waals surface area contributed by atoms with E-state index in [1.165, 1.54) is 32.1 Å². The molecule has 0 spiro atoms. The third-order valence-electron chi connectivity index (χ3n) is 1.46. The Morgan fingerprint density at radius 1 is 1.00 bits per heavy atom. The molecule has 0 heterocycles. The van der Waals surface area contributed by atoms with Gasteiger partial charge >= 0.3 is 62.6 Å². The summed E-state index contributed by atoms with van der Waals surface area (Å²) in [5, 5.41) is 0. The molecular formula is C7H17Ga. The zero-order valence-electron chi connectivity index (χ0n) is 6.24. The normalized spacial score (nSPS) is 9.62. The first-order valence-electron chi connectivity index (χ1n) is 3.91. The van der Waals surface area contributed by atoms with Gasteiger partial charge in [0, 0.05) is 0 Å². The molecule has 1 heteroatoms. The summed E-state index contributed by atoms with van der Waals surface area (Å²) in [6, 6.07) is 0. The predicted octanol–water partition coefficient (Wildman–Crippen LogP) is 2.01. The molecular weight excluding hydrogens is 154 g/mol. The maximum atomic E-state index is 2.27. The summed E-state index contributed by atoms with van der Waals surface area (Å²) in [4.78, 5) is 1.55. The zero-order chi connectivity index (χ0) is 6.24. The van der Waals surface area contributed by atoms with E-state index < -0.39 is 0 Å². The van der Waals surface area contributed by atoms with E-state index in [2.05, 4.69) is 6.92 Å². The fraction of sp³-hybridized carbons (Fsp3) is 1.00. The standard InChI is InChI=1S/C7H15.Ga.2H/c1-3-5-7-6-4-2;;;/h1,3-7H2,2H3;;;. The topological polar surface area (TPSA) is 0 Å². The minimum atomic E-state index is 1.11. The van der Waals surface area contributed by atoms with E-state index in [0.29, 0.717) is 0 Å². The molecule has 8 heavy (non-hydrogen) atoms. The average molecular weight is 171 g/mol.